The molecule has 3 aromatic carbocycles. The summed E-state index contributed by atoms with van der Waals surface area (Å²) in [7, 11) is 0. The number of nitrogens with zero attached hydrogens (tertiary/aromatic N) is 2. The van der Waals surface area contributed by atoms with Crippen molar-refractivity contribution in [2.24, 2.45) is 0 Å². The summed E-state index contributed by atoms with van der Waals surface area (Å²) in [5.41, 5.74) is 6.17. The summed E-state index contributed by atoms with van der Waals surface area (Å²) < 4.78 is 8.40. The van der Waals surface area contributed by atoms with Crippen molar-refractivity contribution in [1.29, 1.82) is 0 Å². The molecule has 166 valence electrons. The summed E-state index contributed by atoms with van der Waals surface area (Å²) in [6, 6.07) is 24.3. The van der Waals surface area contributed by atoms with Crippen LogP contribution in [0.15, 0.2) is 85.3 Å². The number of rotatable bonds is 8. The van der Waals surface area contributed by atoms with Crippen LogP contribution in [0.3, 0.4) is 0 Å². The van der Waals surface area contributed by atoms with Crippen LogP contribution in [0.4, 0.5) is 11.4 Å². The van der Waals surface area contributed by atoms with Crippen molar-refractivity contribution >= 4 is 17.2 Å². The molecule has 5 heteroatoms. The zero-order chi connectivity index (χ0) is 22.5. The predicted molar refractivity (Wildman–Crippen MR) is 130 cm³/mol. The van der Waals surface area contributed by atoms with E-state index in [9.17, 15) is 4.79 Å². The lowest BCUT2D eigenvalue weighted by atomic mass is 9.89. The van der Waals surface area contributed by atoms with Gasteiger partial charge in [0.2, 0.25) is 0 Å². The Bertz CT molecular complexity index is 1230. The van der Waals surface area contributed by atoms with Gasteiger partial charge in [0.1, 0.15) is 12.4 Å². The molecule has 0 saturated heterocycles. The number of imidazole rings is 1. The number of para-hydroxylation sites is 1. The molecule has 5 rings (SSSR count). The third kappa shape index (κ3) is 4.82. The van der Waals surface area contributed by atoms with E-state index in [0.29, 0.717) is 19.6 Å². The zero-order valence-corrected chi connectivity index (χ0v) is 18.5. The normalized spacial score (nSPS) is 12.9. The van der Waals surface area contributed by atoms with E-state index in [0.717, 1.165) is 53.2 Å². The molecule has 0 aliphatic heterocycles. The van der Waals surface area contributed by atoms with Gasteiger partial charge in [0.05, 0.1) is 18.6 Å². The van der Waals surface area contributed by atoms with Gasteiger partial charge in [0.25, 0.3) is 0 Å². The summed E-state index contributed by atoms with van der Waals surface area (Å²) in [6.07, 6.45) is 6.97. The number of fused-ring (bicyclic) bond motifs is 1. The topological polar surface area (TPSA) is 56.2 Å². The lowest BCUT2D eigenvalue weighted by molar-refractivity contribution is 0.0972. The second kappa shape index (κ2) is 9.74. The molecule has 0 unspecified atom stereocenters. The van der Waals surface area contributed by atoms with Crippen LogP contribution in [0.25, 0.3) is 0 Å². The minimum Gasteiger partial charge on any atom is -0.490 e. The number of carbonyl (C=O) groups is 1. The van der Waals surface area contributed by atoms with Gasteiger partial charge in [-0.1, -0.05) is 48.5 Å². The third-order valence-corrected chi connectivity index (χ3v) is 6.07. The van der Waals surface area contributed by atoms with Gasteiger partial charge in [0, 0.05) is 36.0 Å². The van der Waals surface area contributed by atoms with Crippen molar-refractivity contribution in [1.82, 2.24) is 9.55 Å². The first-order chi connectivity index (χ1) is 16.3. The average molecular weight is 438 g/mol. The number of Topliss-reactive ketones (excluding diaryl/α,β-unsaturated/α-hetero) is 1. The van der Waals surface area contributed by atoms with Crippen LogP contribution in [-0.4, -0.2) is 21.9 Å². The van der Waals surface area contributed by atoms with E-state index in [-0.39, 0.29) is 5.78 Å². The number of ether oxygens (including phenoxy) is 1. The zero-order valence-electron chi connectivity index (χ0n) is 18.5. The molecule has 0 fully saturated rings. The SMILES string of the molecule is O=C1CCCc2c1ccc(OCCn1cncc1Cc1ccccc1)c2Nc1ccccc1. The van der Waals surface area contributed by atoms with Gasteiger partial charge in [0.15, 0.2) is 5.78 Å². The Morgan fingerprint density at radius 3 is 2.55 bits per heavy atom. The number of carbonyl (C=O) groups excluding carboxylic acids is 1. The van der Waals surface area contributed by atoms with Crippen LogP contribution in [-0.2, 0) is 19.4 Å². The highest BCUT2D eigenvalue weighted by atomic mass is 16.5. The number of aromatic nitrogens is 2. The minimum atomic E-state index is 0.211. The van der Waals surface area contributed by atoms with Crippen molar-refractivity contribution in [3.63, 3.8) is 0 Å². The first-order valence-corrected chi connectivity index (χ1v) is 11.4. The number of nitrogens with one attached hydrogen (secondary N) is 1. The fraction of sp³-hybridized carbons (Fsp3) is 0.214. The number of hydrogen-bond acceptors (Lipinski definition) is 4. The highest BCUT2D eigenvalue weighted by Gasteiger charge is 2.23. The maximum absolute atomic E-state index is 12.5. The predicted octanol–water partition coefficient (Wildman–Crippen LogP) is 5.82. The Labute approximate surface area is 194 Å². The highest BCUT2D eigenvalue weighted by Crippen LogP contribution is 2.37. The van der Waals surface area contributed by atoms with Crippen molar-refractivity contribution < 1.29 is 9.53 Å². The maximum Gasteiger partial charge on any atom is 0.163 e. The second-order valence-corrected chi connectivity index (χ2v) is 8.32. The van der Waals surface area contributed by atoms with Gasteiger partial charge in [-0.2, -0.15) is 0 Å². The Kier molecular flexibility index (Phi) is 6.20. The molecule has 1 aliphatic rings. The van der Waals surface area contributed by atoms with Gasteiger partial charge in [-0.25, -0.2) is 4.98 Å². The largest absolute Gasteiger partial charge is 0.490 e. The molecule has 1 aromatic heterocycles. The number of anilines is 2. The smallest absolute Gasteiger partial charge is 0.163 e. The average Bonchev–Trinajstić information content (AvgIpc) is 3.28. The molecule has 0 spiro atoms. The van der Waals surface area contributed by atoms with Crippen LogP contribution in [0, 0.1) is 0 Å². The molecule has 0 atom stereocenters. The van der Waals surface area contributed by atoms with E-state index < -0.39 is 0 Å². The minimum absolute atomic E-state index is 0.211. The van der Waals surface area contributed by atoms with E-state index in [1.807, 2.05) is 61.1 Å². The summed E-state index contributed by atoms with van der Waals surface area (Å²) in [4.78, 5) is 16.8. The molecule has 0 saturated carbocycles. The van der Waals surface area contributed by atoms with Crippen LogP contribution in [0.5, 0.6) is 5.75 Å². The van der Waals surface area contributed by atoms with Gasteiger partial charge < -0.3 is 14.6 Å². The van der Waals surface area contributed by atoms with E-state index >= 15 is 0 Å². The molecular weight excluding hydrogens is 410 g/mol. The molecular formula is C28H27N3O2. The Balaban J connectivity index is 1.34. The van der Waals surface area contributed by atoms with Crippen molar-refractivity contribution in [2.45, 2.75) is 32.2 Å². The molecule has 1 aliphatic carbocycles. The molecule has 0 amide bonds. The van der Waals surface area contributed by atoms with Gasteiger partial charge >= 0.3 is 0 Å². The number of hydrogen-bond donors (Lipinski definition) is 1. The van der Waals surface area contributed by atoms with Crippen molar-refractivity contribution in [3.05, 3.63) is 108 Å². The Morgan fingerprint density at radius 1 is 0.939 bits per heavy atom. The monoisotopic (exact) mass is 437 g/mol. The quantitative estimate of drug-likeness (QED) is 0.378. The fourth-order valence-corrected chi connectivity index (χ4v) is 4.39. The van der Waals surface area contributed by atoms with Gasteiger partial charge in [-0.3, -0.25) is 4.79 Å². The van der Waals surface area contributed by atoms with Crippen LogP contribution >= 0.6 is 0 Å². The number of benzene rings is 3. The standard InChI is InChI=1S/C28H27N3O2/c32-26-13-7-12-25-24(26)14-15-27(28(25)30-22-10-5-2-6-11-22)33-17-16-31-20-29-19-23(31)18-21-8-3-1-4-9-21/h1-6,8-11,14-15,19-20,30H,7,12-13,16-18H2. The Morgan fingerprint density at radius 2 is 1.73 bits per heavy atom. The van der Waals surface area contributed by atoms with Gasteiger partial charge in [-0.05, 0) is 48.2 Å². The van der Waals surface area contributed by atoms with E-state index in [2.05, 4.69) is 39.1 Å². The molecule has 1 heterocycles. The summed E-state index contributed by atoms with van der Waals surface area (Å²) in [6.45, 7) is 1.21. The lowest BCUT2D eigenvalue weighted by Crippen LogP contribution is -2.15. The van der Waals surface area contributed by atoms with E-state index in [1.165, 1.54) is 5.56 Å². The maximum atomic E-state index is 12.5. The second-order valence-electron chi connectivity index (χ2n) is 8.32. The van der Waals surface area contributed by atoms with Crippen molar-refractivity contribution in [2.75, 3.05) is 11.9 Å². The van der Waals surface area contributed by atoms with E-state index in [4.69, 9.17) is 4.74 Å². The van der Waals surface area contributed by atoms with Gasteiger partial charge in [-0.15, -0.1) is 0 Å². The van der Waals surface area contributed by atoms with Crippen LogP contribution in [0.2, 0.25) is 0 Å². The van der Waals surface area contributed by atoms with Crippen molar-refractivity contribution in [3.8, 4) is 5.75 Å². The molecule has 0 radical (unpaired) electrons. The first-order valence-electron chi connectivity index (χ1n) is 11.4. The Hall–Kier alpha value is -3.86. The third-order valence-electron chi connectivity index (χ3n) is 6.07. The van der Waals surface area contributed by atoms with E-state index in [1.54, 1.807) is 0 Å². The first kappa shape index (κ1) is 21.0. The van der Waals surface area contributed by atoms with Crippen LogP contribution in [0.1, 0.15) is 40.0 Å². The lowest BCUT2D eigenvalue weighted by Gasteiger charge is -2.22. The van der Waals surface area contributed by atoms with Crippen LogP contribution < -0.4 is 10.1 Å². The molecule has 5 nitrogen and oxygen atoms in total. The molecule has 0 bridgehead atoms. The fourth-order valence-electron chi connectivity index (χ4n) is 4.39. The summed E-state index contributed by atoms with van der Waals surface area (Å²) >= 11 is 0. The molecule has 33 heavy (non-hydrogen) atoms. The molecule has 4 aromatic rings. The highest BCUT2D eigenvalue weighted by molar-refractivity contribution is 6.00. The summed E-state index contributed by atoms with van der Waals surface area (Å²) in [5, 5.41) is 3.51. The number of ketones is 1. The molecule has 1 N–H and O–H groups in total. The summed E-state index contributed by atoms with van der Waals surface area (Å²) in [5.74, 6) is 0.986.